The first-order chi connectivity index (χ1) is 8.42. The maximum absolute atomic E-state index is 11.2. The predicted molar refractivity (Wildman–Crippen MR) is 80.8 cm³/mol. The molecule has 2 aliphatic heterocycles. The number of fused-ring (bicyclic) bond motifs is 1. The summed E-state index contributed by atoms with van der Waals surface area (Å²) in [5.74, 6) is -0.771. The molecule has 0 aromatic carbocycles. The number of piperazine rings is 1. The van der Waals surface area contributed by atoms with Crippen molar-refractivity contribution in [3.63, 3.8) is 0 Å². The molecule has 0 bridgehead atoms. The Morgan fingerprint density at radius 1 is 1.53 bits per heavy atom. The van der Waals surface area contributed by atoms with E-state index < -0.39 is 11.4 Å². The number of nitrogens with zero attached hydrogens (tertiary/aromatic N) is 2. The van der Waals surface area contributed by atoms with Gasteiger partial charge in [-0.1, -0.05) is 0 Å². The largest absolute Gasteiger partial charge is 0.481 e. The van der Waals surface area contributed by atoms with Crippen LogP contribution in [0.2, 0.25) is 0 Å². The third-order valence-corrected chi connectivity index (χ3v) is 4.26. The lowest BCUT2D eigenvalue weighted by Gasteiger charge is -2.47. The van der Waals surface area contributed by atoms with Gasteiger partial charge in [0.2, 0.25) is 0 Å². The molecule has 0 spiro atoms. The first-order valence-corrected chi connectivity index (χ1v) is 6.82. The molecule has 2 saturated heterocycles. The molecule has 110 valence electrons. The summed E-state index contributed by atoms with van der Waals surface area (Å²) < 4.78 is 0. The van der Waals surface area contributed by atoms with E-state index in [1.807, 2.05) is 4.90 Å². The van der Waals surface area contributed by atoms with Gasteiger partial charge in [0.15, 0.2) is 5.11 Å². The smallest absolute Gasteiger partial charge is 0.310 e. The van der Waals surface area contributed by atoms with E-state index in [-0.39, 0.29) is 12.4 Å². The molecule has 0 aromatic rings. The van der Waals surface area contributed by atoms with Crippen molar-refractivity contribution >= 4 is 35.7 Å². The van der Waals surface area contributed by atoms with Crippen LogP contribution in [-0.4, -0.2) is 64.8 Å². The Labute approximate surface area is 125 Å². The average molecular weight is 308 g/mol. The van der Waals surface area contributed by atoms with E-state index in [4.69, 9.17) is 12.2 Å². The standard InChI is InChI=1S/C12H21N3O2S.ClH/c1-12(2,10(16)17)8-14-5-3-9-7-13-4-6-15(9)11(14)18;/h9,13H,3-8H2,1-2H3,(H,16,17);1H/t9-;/m1./s1. The van der Waals surface area contributed by atoms with Crippen molar-refractivity contribution in [3.05, 3.63) is 0 Å². The summed E-state index contributed by atoms with van der Waals surface area (Å²) in [6.07, 6.45) is 1.04. The minimum atomic E-state index is -0.771. The molecular formula is C12H22ClN3O2S. The van der Waals surface area contributed by atoms with E-state index in [0.29, 0.717) is 12.6 Å². The van der Waals surface area contributed by atoms with Gasteiger partial charge in [-0.3, -0.25) is 4.79 Å². The zero-order chi connectivity index (χ0) is 13.3. The fourth-order valence-electron chi connectivity index (χ4n) is 2.54. The lowest BCUT2D eigenvalue weighted by Crippen LogP contribution is -2.62. The highest BCUT2D eigenvalue weighted by Gasteiger charge is 2.36. The molecule has 1 atom stereocenters. The minimum Gasteiger partial charge on any atom is -0.481 e. The third kappa shape index (κ3) is 3.49. The zero-order valence-corrected chi connectivity index (χ0v) is 13.0. The van der Waals surface area contributed by atoms with E-state index in [9.17, 15) is 9.90 Å². The van der Waals surface area contributed by atoms with Crippen LogP contribution >= 0.6 is 24.6 Å². The monoisotopic (exact) mass is 307 g/mol. The van der Waals surface area contributed by atoms with Crippen molar-refractivity contribution in [3.8, 4) is 0 Å². The Morgan fingerprint density at radius 2 is 2.21 bits per heavy atom. The Kier molecular flexibility index (Phi) is 5.41. The summed E-state index contributed by atoms with van der Waals surface area (Å²) in [7, 11) is 0. The highest BCUT2D eigenvalue weighted by Crippen LogP contribution is 2.23. The molecule has 2 N–H and O–H groups in total. The SMILES string of the molecule is CC(C)(CN1CC[C@@H]2CNCCN2C1=S)C(=O)O.Cl. The highest BCUT2D eigenvalue weighted by atomic mass is 35.5. The maximum Gasteiger partial charge on any atom is 0.310 e. The van der Waals surface area contributed by atoms with Crippen molar-refractivity contribution < 1.29 is 9.90 Å². The summed E-state index contributed by atoms with van der Waals surface area (Å²) in [6.45, 7) is 7.70. The highest BCUT2D eigenvalue weighted by molar-refractivity contribution is 7.80. The lowest BCUT2D eigenvalue weighted by molar-refractivity contribution is -0.147. The van der Waals surface area contributed by atoms with Gasteiger partial charge < -0.3 is 20.2 Å². The van der Waals surface area contributed by atoms with Crippen LogP contribution in [0.15, 0.2) is 0 Å². The number of hydrogen-bond acceptors (Lipinski definition) is 3. The fraction of sp³-hybridized carbons (Fsp3) is 0.833. The molecule has 0 aliphatic carbocycles. The molecule has 0 aromatic heterocycles. The number of halogens is 1. The second-order valence-electron chi connectivity index (χ2n) is 5.73. The number of hydrogen-bond donors (Lipinski definition) is 2. The maximum atomic E-state index is 11.2. The van der Waals surface area contributed by atoms with Crippen LogP contribution in [0.5, 0.6) is 0 Å². The third-order valence-electron chi connectivity index (χ3n) is 3.76. The normalized spacial score (nSPS) is 23.7. The first-order valence-electron chi connectivity index (χ1n) is 6.41. The van der Waals surface area contributed by atoms with E-state index in [2.05, 4.69) is 10.2 Å². The Morgan fingerprint density at radius 3 is 2.84 bits per heavy atom. The van der Waals surface area contributed by atoms with Crippen LogP contribution in [0.3, 0.4) is 0 Å². The van der Waals surface area contributed by atoms with Crippen LogP contribution in [0.25, 0.3) is 0 Å². The van der Waals surface area contributed by atoms with Gasteiger partial charge in [-0.05, 0) is 32.5 Å². The van der Waals surface area contributed by atoms with E-state index in [0.717, 1.165) is 37.7 Å². The van der Waals surface area contributed by atoms with Crippen molar-refractivity contribution in [2.24, 2.45) is 5.41 Å². The van der Waals surface area contributed by atoms with E-state index >= 15 is 0 Å². The Bertz CT molecular complexity index is 365. The first kappa shape index (κ1) is 16.5. The summed E-state index contributed by atoms with van der Waals surface area (Å²) in [6, 6.07) is 0.482. The van der Waals surface area contributed by atoms with Gasteiger partial charge in [0.05, 0.1) is 5.41 Å². The number of thiocarbonyl (C=S) groups is 1. The summed E-state index contributed by atoms with van der Waals surface area (Å²) in [4.78, 5) is 15.5. The molecular weight excluding hydrogens is 286 g/mol. The number of rotatable bonds is 3. The zero-order valence-electron chi connectivity index (χ0n) is 11.4. The van der Waals surface area contributed by atoms with Gasteiger partial charge >= 0.3 is 5.97 Å². The predicted octanol–water partition coefficient (Wildman–Crippen LogP) is 0.783. The van der Waals surface area contributed by atoms with Crippen LogP contribution in [0, 0.1) is 5.41 Å². The van der Waals surface area contributed by atoms with E-state index in [1.165, 1.54) is 0 Å². The van der Waals surface area contributed by atoms with Gasteiger partial charge in [0, 0.05) is 38.8 Å². The van der Waals surface area contributed by atoms with Gasteiger partial charge in [0.1, 0.15) is 0 Å². The van der Waals surface area contributed by atoms with Gasteiger partial charge in [-0.25, -0.2) is 0 Å². The number of aliphatic carboxylic acids is 1. The molecule has 2 heterocycles. The number of carbonyl (C=O) groups is 1. The van der Waals surface area contributed by atoms with Crippen molar-refractivity contribution in [2.75, 3.05) is 32.7 Å². The topological polar surface area (TPSA) is 55.8 Å². The molecule has 2 rings (SSSR count). The van der Waals surface area contributed by atoms with Crippen molar-refractivity contribution in [2.45, 2.75) is 26.3 Å². The van der Waals surface area contributed by atoms with Gasteiger partial charge in [0.25, 0.3) is 0 Å². The second-order valence-corrected chi connectivity index (χ2v) is 6.10. The summed E-state index contributed by atoms with van der Waals surface area (Å²) in [5, 5.41) is 13.4. The molecule has 0 radical (unpaired) electrons. The quantitative estimate of drug-likeness (QED) is 0.752. The molecule has 19 heavy (non-hydrogen) atoms. The van der Waals surface area contributed by atoms with Crippen LogP contribution < -0.4 is 5.32 Å². The lowest BCUT2D eigenvalue weighted by atomic mass is 9.92. The molecule has 2 aliphatic rings. The minimum absolute atomic E-state index is 0. The van der Waals surface area contributed by atoms with Gasteiger partial charge in [-0.2, -0.15) is 0 Å². The molecule has 2 fully saturated rings. The van der Waals surface area contributed by atoms with Crippen LogP contribution in [0.1, 0.15) is 20.3 Å². The number of nitrogens with one attached hydrogen (secondary N) is 1. The summed E-state index contributed by atoms with van der Waals surface area (Å²) >= 11 is 5.51. The van der Waals surface area contributed by atoms with Gasteiger partial charge in [-0.15, -0.1) is 12.4 Å². The Hall–Kier alpha value is -0.590. The molecule has 7 heteroatoms. The Balaban J connectivity index is 0.00000180. The fourth-order valence-corrected chi connectivity index (χ4v) is 2.94. The molecule has 0 saturated carbocycles. The summed E-state index contributed by atoms with van der Waals surface area (Å²) in [5.41, 5.74) is -0.759. The van der Waals surface area contributed by atoms with E-state index in [1.54, 1.807) is 13.8 Å². The molecule has 0 amide bonds. The molecule has 5 nitrogen and oxygen atoms in total. The van der Waals surface area contributed by atoms with Crippen LogP contribution in [0.4, 0.5) is 0 Å². The average Bonchev–Trinajstić information content (AvgIpc) is 2.33. The van der Waals surface area contributed by atoms with Crippen molar-refractivity contribution in [1.82, 2.24) is 15.1 Å². The number of carboxylic acid groups (broad SMARTS) is 1. The van der Waals surface area contributed by atoms with Crippen LogP contribution in [-0.2, 0) is 4.79 Å². The second kappa shape index (κ2) is 6.24. The molecule has 0 unspecified atom stereocenters. The number of carboxylic acids is 1. The van der Waals surface area contributed by atoms with Crippen molar-refractivity contribution in [1.29, 1.82) is 0 Å².